The van der Waals surface area contributed by atoms with Crippen molar-refractivity contribution in [1.82, 2.24) is 15.5 Å². The number of aliphatic imine (C=N–C) groups is 1. The van der Waals surface area contributed by atoms with Crippen LogP contribution in [0, 0.1) is 5.92 Å². The fraction of sp³-hybridized carbons (Fsp3) is 0.529. The van der Waals surface area contributed by atoms with Crippen molar-refractivity contribution in [3.8, 4) is 0 Å². The number of rotatable bonds is 6. The van der Waals surface area contributed by atoms with Crippen LogP contribution in [0.4, 0.5) is 0 Å². The lowest BCUT2D eigenvalue weighted by atomic mass is 10.1. The van der Waals surface area contributed by atoms with E-state index < -0.39 is 0 Å². The second-order valence-corrected chi connectivity index (χ2v) is 6.23. The lowest BCUT2D eigenvalue weighted by molar-refractivity contribution is 0.0954. The number of carbonyl (C=O) groups is 1. The average Bonchev–Trinajstić information content (AvgIpc) is 3.08. The van der Waals surface area contributed by atoms with E-state index in [-0.39, 0.29) is 5.91 Å². The van der Waals surface area contributed by atoms with E-state index in [1.807, 2.05) is 7.05 Å². The predicted molar refractivity (Wildman–Crippen MR) is 96.7 cm³/mol. The normalized spacial score (nSPS) is 17.6. The lowest BCUT2D eigenvalue weighted by Gasteiger charge is -2.24. The number of nitrogens with one attached hydrogen (secondary N) is 2. The minimum atomic E-state index is -0.172. The second kappa shape index (κ2) is 9.49. The zero-order chi connectivity index (χ0) is 17.4. The summed E-state index contributed by atoms with van der Waals surface area (Å²) in [6.07, 6.45) is 1.09. The molecule has 2 N–H and O–H groups in total. The highest BCUT2D eigenvalue weighted by Gasteiger charge is 2.19. The summed E-state index contributed by atoms with van der Waals surface area (Å²) in [7, 11) is 3.77. The van der Waals surface area contributed by atoms with E-state index in [2.05, 4.69) is 20.5 Å². The van der Waals surface area contributed by atoms with Gasteiger partial charge in [-0.05, 0) is 18.6 Å². The first-order valence-corrected chi connectivity index (χ1v) is 8.52. The number of carbonyl (C=O) groups excluding carboxylic acids is 1. The highest BCUT2D eigenvalue weighted by atomic mass is 35.5. The molecule has 0 spiro atoms. The van der Waals surface area contributed by atoms with Gasteiger partial charge < -0.3 is 20.3 Å². The molecule has 2 rings (SSSR count). The van der Waals surface area contributed by atoms with Gasteiger partial charge in [0.25, 0.3) is 5.91 Å². The Kier molecular flexibility index (Phi) is 7.34. The minimum absolute atomic E-state index is 0.172. The van der Waals surface area contributed by atoms with Crippen molar-refractivity contribution in [1.29, 1.82) is 0 Å². The third-order valence-corrected chi connectivity index (χ3v) is 4.27. The molecule has 7 heteroatoms. The summed E-state index contributed by atoms with van der Waals surface area (Å²) in [6.45, 7) is 3.65. The highest BCUT2D eigenvalue weighted by molar-refractivity contribution is 6.33. The summed E-state index contributed by atoms with van der Waals surface area (Å²) in [5, 5.41) is 6.56. The number of hydrogen-bond donors (Lipinski definition) is 2. The van der Waals surface area contributed by atoms with Gasteiger partial charge in [-0.2, -0.15) is 0 Å². The van der Waals surface area contributed by atoms with E-state index in [0.717, 1.165) is 32.1 Å². The van der Waals surface area contributed by atoms with Crippen LogP contribution in [0.5, 0.6) is 0 Å². The van der Waals surface area contributed by atoms with E-state index in [1.54, 1.807) is 31.3 Å². The van der Waals surface area contributed by atoms with Crippen LogP contribution in [0.2, 0.25) is 5.02 Å². The molecular formula is C17H25ClN4O2. The van der Waals surface area contributed by atoms with Crippen molar-refractivity contribution in [2.24, 2.45) is 10.9 Å². The van der Waals surface area contributed by atoms with Crippen molar-refractivity contribution in [3.05, 3.63) is 34.9 Å². The second-order valence-electron chi connectivity index (χ2n) is 5.82. The number of nitrogens with zero attached hydrogens (tertiary/aromatic N) is 2. The van der Waals surface area contributed by atoms with Gasteiger partial charge in [-0.25, -0.2) is 0 Å². The maximum absolute atomic E-state index is 12.1. The third-order valence-electron chi connectivity index (χ3n) is 3.94. The van der Waals surface area contributed by atoms with E-state index in [9.17, 15) is 4.79 Å². The fourth-order valence-electron chi connectivity index (χ4n) is 2.68. The van der Waals surface area contributed by atoms with Crippen LogP contribution in [-0.2, 0) is 4.74 Å². The smallest absolute Gasteiger partial charge is 0.252 e. The van der Waals surface area contributed by atoms with Gasteiger partial charge in [-0.1, -0.05) is 23.7 Å². The molecule has 1 atom stereocenters. The molecule has 1 aromatic carbocycles. The van der Waals surface area contributed by atoms with E-state index in [1.165, 1.54) is 0 Å². The Balaban J connectivity index is 1.71. The molecular weight excluding hydrogens is 328 g/mol. The van der Waals surface area contributed by atoms with Crippen LogP contribution in [0.15, 0.2) is 29.3 Å². The Morgan fingerprint density at radius 2 is 2.12 bits per heavy atom. The van der Waals surface area contributed by atoms with Crippen molar-refractivity contribution < 1.29 is 9.53 Å². The first-order valence-electron chi connectivity index (χ1n) is 8.14. The summed E-state index contributed by atoms with van der Waals surface area (Å²) >= 11 is 6.01. The van der Waals surface area contributed by atoms with Crippen LogP contribution in [0.25, 0.3) is 0 Å². The Hall–Kier alpha value is -1.79. The Bertz CT molecular complexity index is 573. The molecule has 1 unspecified atom stereocenters. The van der Waals surface area contributed by atoms with Crippen LogP contribution in [-0.4, -0.2) is 63.7 Å². The van der Waals surface area contributed by atoms with Gasteiger partial charge in [0.05, 0.1) is 17.2 Å². The monoisotopic (exact) mass is 352 g/mol. The largest absolute Gasteiger partial charge is 0.381 e. The molecule has 0 aliphatic carbocycles. The zero-order valence-electron chi connectivity index (χ0n) is 14.2. The van der Waals surface area contributed by atoms with Crippen LogP contribution in [0.3, 0.4) is 0 Å². The van der Waals surface area contributed by atoms with Gasteiger partial charge >= 0.3 is 0 Å². The molecule has 1 amide bonds. The van der Waals surface area contributed by atoms with Crippen LogP contribution < -0.4 is 10.6 Å². The summed E-state index contributed by atoms with van der Waals surface area (Å²) in [4.78, 5) is 18.4. The molecule has 24 heavy (non-hydrogen) atoms. The van der Waals surface area contributed by atoms with Gasteiger partial charge in [0.2, 0.25) is 0 Å². The molecule has 0 saturated carbocycles. The van der Waals surface area contributed by atoms with Crippen LogP contribution in [0.1, 0.15) is 16.8 Å². The first kappa shape index (κ1) is 18.5. The van der Waals surface area contributed by atoms with Crippen molar-refractivity contribution in [2.45, 2.75) is 6.42 Å². The zero-order valence-corrected chi connectivity index (χ0v) is 15.0. The molecule has 6 nitrogen and oxygen atoms in total. The molecule has 1 saturated heterocycles. The van der Waals surface area contributed by atoms with Crippen molar-refractivity contribution in [3.63, 3.8) is 0 Å². The summed E-state index contributed by atoms with van der Waals surface area (Å²) in [5.41, 5.74) is 0.488. The van der Waals surface area contributed by atoms with Gasteiger partial charge in [-0.3, -0.25) is 9.79 Å². The van der Waals surface area contributed by atoms with Crippen molar-refractivity contribution >= 4 is 23.5 Å². The maximum atomic E-state index is 12.1. The summed E-state index contributed by atoms with van der Waals surface area (Å²) in [6, 6.07) is 7.01. The minimum Gasteiger partial charge on any atom is -0.381 e. The van der Waals surface area contributed by atoms with Gasteiger partial charge in [0, 0.05) is 46.3 Å². The SMILES string of the molecule is CN=C(NCCNC(=O)c1ccccc1Cl)N(C)CC1CCOC1. The maximum Gasteiger partial charge on any atom is 0.252 e. The topological polar surface area (TPSA) is 66.0 Å². The molecule has 0 radical (unpaired) electrons. The standard InChI is InChI=1S/C17H25ClN4O2/c1-19-17(22(2)11-13-7-10-24-12-13)21-9-8-20-16(23)14-5-3-4-6-15(14)18/h3-6,13H,7-12H2,1-2H3,(H,19,21)(H,20,23). The number of benzene rings is 1. The van der Waals surface area contributed by atoms with Gasteiger partial charge in [0.1, 0.15) is 0 Å². The van der Waals surface area contributed by atoms with Crippen LogP contribution >= 0.6 is 11.6 Å². The molecule has 1 aliphatic rings. The summed E-state index contributed by atoms with van der Waals surface area (Å²) < 4.78 is 5.40. The third kappa shape index (κ3) is 5.39. The molecule has 132 valence electrons. The first-order chi connectivity index (χ1) is 11.6. The van der Waals surface area contributed by atoms with E-state index >= 15 is 0 Å². The highest BCUT2D eigenvalue weighted by Crippen LogP contribution is 2.14. The van der Waals surface area contributed by atoms with Crippen molar-refractivity contribution in [2.75, 3.05) is 46.9 Å². The van der Waals surface area contributed by atoms with E-state index in [4.69, 9.17) is 16.3 Å². The Morgan fingerprint density at radius 1 is 1.38 bits per heavy atom. The fourth-order valence-corrected chi connectivity index (χ4v) is 2.90. The molecule has 0 bridgehead atoms. The lowest BCUT2D eigenvalue weighted by Crippen LogP contribution is -2.44. The molecule has 1 fully saturated rings. The van der Waals surface area contributed by atoms with E-state index in [0.29, 0.717) is 29.6 Å². The number of ether oxygens (including phenoxy) is 1. The number of amides is 1. The predicted octanol–water partition coefficient (Wildman–Crippen LogP) is 1.61. The number of guanidine groups is 1. The quantitative estimate of drug-likeness (QED) is 0.464. The molecule has 0 aromatic heterocycles. The molecule has 1 aliphatic heterocycles. The summed E-state index contributed by atoms with van der Waals surface area (Å²) in [5.74, 6) is 1.19. The number of hydrogen-bond acceptors (Lipinski definition) is 3. The Morgan fingerprint density at radius 3 is 2.79 bits per heavy atom. The van der Waals surface area contributed by atoms with Gasteiger partial charge in [0.15, 0.2) is 5.96 Å². The number of halogens is 1. The average molecular weight is 353 g/mol. The Labute approximate surface area is 148 Å². The molecule has 1 heterocycles. The van der Waals surface area contributed by atoms with Gasteiger partial charge in [-0.15, -0.1) is 0 Å². The molecule has 1 aromatic rings.